The standard InChI is InChI=1S/C15H13FN4OS2/c1-2-6-17-14-19-20-15(23-14)22-9-12-8-21-13(18-12)10-4-3-5-11(16)7-10/h2-5,7-8H,1,6,9H2,(H,17,19). The summed E-state index contributed by atoms with van der Waals surface area (Å²) < 4.78 is 19.5. The minimum atomic E-state index is -0.315. The number of nitrogens with zero attached hydrogens (tertiary/aromatic N) is 3. The lowest BCUT2D eigenvalue weighted by atomic mass is 10.2. The summed E-state index contributed by atoms with van der Waals surface area (Å²) in [4.78, 5) is 4.37. The molecule has 2 aromatic heterocycles. The maximum atomic E-state index is 13.2. The molecule has 5 nitrogen and oxygen atoms in total. The van der Waals surface area contributed by atoms with E-state index in [-0.39, 0.29) is 5.82 Å². The molecule has 0 saturated carbocycles. The summed E-state index contributed by atoms with van der Waals surface area (Å²) in [5.74, 6) is 0.699. The molecule has 8 heteroatoms. The van der Waals surface area contributed by atoms with Gasteiger partial charge in [-0.25, -0.2) is 9.37 Å². The molecule has 0 unspecified atom stereocenters. The first-order valence-electron chi connectivity index (χ1n) is 6.76. The molecule has 0 amide bonds. The molecule has 118 valence electrons. The van der Waals surface area contributed by atoms with Crippen molar-refractivity contribution < 1.29 is 8.81 Å². The molecular weight excluding hydrogens is 335 g/mol. The fraction of sp³-hybridized carbons (Fsp3) is 0.133. The first-order chi connectivity index (χ1) is 11.2. The van der Waals surface area contributed by atoms with Crippen LogP contribution in [-0.4, -0.2) is 21.7 Å². The molecule has 23 heavy (non-hydrogen) atoms. The van der Waals surface area contributed by atoms with E-state index in [0.29, 0.717) is 23.8 Å². The molecule has 0 radical (unpaired) electrons. The van der Waals surface area contributed by atoms with Crippen molar-refractivity contribution in [1.82, 2.24) is 15.2 Å². The van der Waals surface area contributed by atoms with Gasteiger partial charge in [-0.1, -0.05) is 35.2 Å². The van der Waals surface area contributed by atoms with Gasteiger partial charge in [0.15, 0.2) is 4.34 Å². The molecule has 1 N–H and O–H groups in total. The van der Waals surface area contributed by atoms with Crippen LogP contribution in [0.1, 0.15) is 5.69 Å². The quantitative estimate of drug-likeness (QED) is 0.509. The number of thioether (sulfide) groups is 1. The van der Waals surface area contributed by atoms with E-state index in [1.807, 2.05) is 0 Å². The third-order valence-electron chi connectivity index (χ3n) is 2.77. The largest absolute Gasteiger partial charge is 0.444 e. The molecule has 0 bridgehead atoms. The Morgan fingerprint density at radius 1 is 1.39 bits per heavy atom. The second-order valence-corrected chi connectivity index (χ2v) is 6.69. The molecule has 0 spiro atoms. The molecule has 3 aromatic rings. The summed E-state index contributed by atoms with van der Waals surface area (Å²) in [6, 6.07) is 6.16. The van der Waals surface area contributed by atoms with Crippen LogP contribution in [0, 0.1) is 5.82 Å². The Kier molecular flexibility index (Phi) is 5.04. The molecule has 0 fully saturated rings. The summed E-state index contributed by atoms with van der Waals surface area (Å²) in [5, 5.41) is 12.0. The van der Waals surface area contributed by atoms with Crippen LogP contribution in [0.5, 0.6) is 0 Å². The van der Waals surface area contributed by atoms with Gasteiger partial charge in [-0.3, -0.25) is 0 Å². The van der Waals surface area contributed by atoms with Crippen molar-refractivity contribution in [3.8, 4) is 11.5 Å². The van der Waals surface area contributed by atoms with Gasteiger partial charge in [0.05, 0.1) is 5.69 Å². The van der Waals surface area contributed by atoms with Gasteiger partial charge in [0.2, 0.25) is 11.0 Å². The van der Waals surface area contributed by atoms with Crippen LogP contribution in [0.4, 0.5) is 9.52 Å². The monoisotopic (exact) mass is 348 g/mol. The Morgan fingerprint density at radius 2 is 2.30 bits per heavy atom. The number of hydrogen-bond acceptors (Lipinski definition) is 7. The van der Waals surface area contributed by atoms with Gasteiger partial charge in [-0.05, 0) is 18.2 Å². The van der Waals surface area contributed by atoms with Crippen LogP contribution in [0.25, 0.3) is 11.5 Å². The van der Waals surface area contributed by atoms with Crippen molar-refractivity contribution in [2.24, 2.45) is 0 Å². The molecule has 2 heterocycles. The van der Waals surface area contributed by atoms with E-state index in [4.69, 9.17) is 4.42 Å². The third kappa shape index (κ3) is 4.17. The summed E-state index contributed by atoms with van der Waals surface area (Å²) in [5.41, 5.74) is 1.39. The molecule has 3 rings (SSSR count). The highest BCUT2D eigenvalue weighted by molar-refractivity contribution is 8.00. The predicted molar refractivity (Wildman–Crippen MR) is 90.1 cm³/mol. The van der Waals surface area contributed by atoms with Crippen molar-refractivity contribution in [2.45, 2.75) is 10.1 Å². The maximum absolute atomic E-state index is 13.2. The van der Waals surface area contributed by atoms with Gasteiger partial charge in [0.25, 0.3) is 0 Å². The summed E-state index contributed by atoms with van der Waals surface area (Å²) in [7, 11) is 0. The van der Waals surface area contributed by atoms with Crippen LogP contribution in [0.3, 0.4) is 0 Å². The Morgan fingerprint density at radius 3 is 3.13 bits per heavy atom. The summed E-state index contributed by atoms with van der Waals surface area (Å²) in [6.45, 7) is 4.29. The lowest BCUT2D eigenvalue weighted by Crippen LogP contribution is -1.96. The number of oxazole rings is 1. The van der Waals surface area contributed by atoms with Crippen molar-refractivity contribution in [1.29, 1.82) is 0 Å². The topological polar surface area (TPSA) is 63.8 Å². The first kappa shape index (κ1) is 15.7. The minimum Gasteiger partial charge on any atom is -0.444 e. The van der Waals surface area contributed by atoms with Crippen molar-refractivity contribution >= 4 is 28.2 Å². The van der Waals surface area contributed by atoms with Crippen LogP contribution >= 0.6 is 23.1 Å². The highest BCUT2D eigenvalue weighted by Gasteiger charge is 2.10. The lowest BCUT2D eigenvalue weighted by molar-refractivity contribution is 0.571. The van der Waals surface area contributed by atoms with Gasteiger partial charge in [-0.15, -0.1) is 16.8 Å². The maximum Gasteiger partial charge on any atom is 0.226 e. The predicted octanol–water partition coefficient (Wildman–Crippen LogP) is 4.22. The second kappa shape index (κ2) is 7.38. The molecule has 0 aliphatic carbocycles. The number of hydrogen-bond donors (Lipinski definition) is 1. The molecule has 0 atom stereocenters. The zero-order valence-electron chi connectivity index (χ0n) is 12.0. The van der Waals surface area contributed by atoms with Gasteiger partial charge >= 0.3 is 0 Å². The molecular formula is C15H13FN4OS2. The Hall–Kier alpha value is -2.19. The van der Waals surface area contributed by atoms with Crippen molar-refractivity contribution in [3.63, 3.8) is 0 Å². The van der Waals surface area contributed by atoms with Gasteiger partial charge in [0.1, 0.15) is 12.1 Å². The molecule has 0 aliphatic rings. The molecule has 0 saturated heterocycles. The highest BCUT2D eigenvalue weighted by Crippen LogP contribution is 2.29. The van der Waals surface area contributed by atoms with Crippen LogP contribution < -0.4 is 5.32 Å². The fourth-order valence-electron chi connectivity index (χ4n) is 1.76. The van der Waals surface area contributed by atoms with E-state index < -0.39 is 0 Å². The van der Waals surface area contributed by atoms with Crippen molar-refractivity contribution in [2.75, 3.05) is 11.9 Å². The number of benzene rings is 1. The van der Waals surface area contributed by atoms with Crippen LogP contribution in [0.15, 0.2) is 51.9 Å². The van der Waals surface area contributed by atoms with Crippen LogP contribution in [-0.2, 0) is 5.75 Å². The number of rotatable bonds is 7. The summed E-state index contributed by atoms with van der Waals surface area (Å²) in [6.07, 6.45) is 3.34. The van der Waals surface area contributed by atoms with E-state index in [9.17, 15) is 4.39 Å². The lowest BCUT2D eigenvalue weighted by Gasteiger charge is -1.94. The van der Waals surface area contributed by atoms with Crippen LogP contribution in [0.2, 0.25) is 0 Å². The normalized spacial score (nSPS) is 10.7. The zero-order valence-corrected chi connectivity index (χ0v) is 13.7. The Labute approximate surface area is 140 Å². The van der Waals surface area contributed by atoms with Gasteiger partial charge < -0.3 is 9.73 Å². The zero-order chi connectivity index (χ0) is 16.1. The fourth-order valence-corrected chi connectivity index (χ4v) is 3.40. The number of halogens is 1. The summed E-state index contributed by atoms with van der Waals surface area (Å²) >= 11 is 2.99. The third-order valence-corrected chi connectivity index (χ3v) is 4.82. The van der Waals surface area contributed by atoms with E-state index >= 15 is 0 Å². The second-order valence-electron chi connectivity index (χ2n) is 4.49. The molecule has 1 aromatic carbocycles. The minimum absolute atomic E-state index is 0.315. The van der Waals surface area contributed by atoms with E-state index in [1.165, 1.54) is 35.2 Å². The Balaban J connectivity index is 1.61. The van der Waals surface area contributed by atoms with Gasteiger partial charge in [-0.2, -0.15) is 0 Å². The smallest absolute Gasteiger partial charge is 0.226 e. The average molecular weight is 348 g/mol. The van der Waals surface area contributed by atoms with E-state index in [2.05, 4.69) is 27.1 Å². The SMILES string of the molecule is C=CCNc1nnc(SCc2coc(-c3cccc(F)c3)n2)s1. The highest BCUT2D eigenvalue weighted by atomic mass is 32.2. The molecule has 0 aliphatic heterocycles. The van der Waals surface area contributed by atoms with E-state index in [0.717, 1.165) is 15.2 Å². The number of aromatic nitrogens is 3. The first-order valence-corrected chi connectivity index (χ1v) is 8.56. The number of anilines is 1. The van der Waals surface area contributed by atoms with E-state index in [1.54, 1.807) is 24.5 Å². The van der Waals surface area contributed by atoms with Crippen molar-refractivity contribution in [3.05, 3.63) is 54.7 Å². The van der Waals surface area contributed by atoms with Gasteiger partial charge in [0, 0.05) is 17.9 Å². The average Bonchev–Trinajstić information content (AvgIpc) is 3.20. The number of nitrogens with one attached hydrogen (secondary N) is 1. The Bertz CT molecular complexity index is 802.